The van der Waals surface area contributed by atoms with Crippen molar-refractivity contribution in [2.75, 3.05) is 6.54 Å². The Morgan fingerprint density at radius 3 is 2.47 bits per heavy atom. The minimum atomic E-state index is -0.936. The van der Waals surface area contributed by atoms with Crippen LogP contribution >= 0.6 is 0 Å². The van der Waals surface area contributed by atoms with Gasteiger partial charge in [0.15, 0.2) is 0 Å². The average Bonchev–Trinajstić information content (AvgIpc) is 2.42. The number of nitrogens with zero attached hydrogens (tertiary/aromatic N) is 1. The summed E-state index contributed by atoms with van der Waals surface area (Å²) in [5, 5.41) is 8.59. The van der Waals surface area contributed by atoms with Crippen LogP contribution in [0.25, 0.3) is 0 Å². The van der Waals surface area contributed by atoms with Crippen LogP contribution in [0, 0.1) is 0 Å². The summed E-state index contributed by atoms with van der Waals surface area (Å²) >= 11 is 0. The van der Waals surface area contributed by atoms with Crippen LogP contribution in [0.5, 0.6) is 0 Å². The van der Waals surface area contributed by atoms with E-state index in [0.717, 1.165) is 5.56 Å². The van der Waals surface area contributed by atoms with Gasteiger partial charge in [-0.3, -0.25) is 9.59 Å². The maximum absolute atomic E-state index is 12.1. The highest BCUT2D eigenvalue weighted by Crippen LogP contribution is 2.07. The van der Waals surface area contributed by atoms with E-state index in [0.29, 0.717) is 13.1 Å². The Hall–Kier alpha value is -1.88. The Morgan fingerprint density at radius 1 is 1.32 bits per heavy atom. The lowest BCUT2D eigenvalue weighted by Crippen LogP contribution is -2.43. The Morgan fingerprint density at radius 2 is 1.95 bits per heavy atom. The van der Waals surface area contributed by atoms with Crippen LogP contribution in [0.3, 0.4) is 0 Å². The van der Waals surface area contributed by atoms with Crippen molar-refractivity contribution in [3.05, 3.63) is 35.9 Å². The van der Waals surface area contributed by atoms with Gasteiger partial charge in [-0.05, 0) is 18.9 Å². The molecule has 1 rings (SSSR count). The molecule has 0 aromatic heterocycles. The lowest BCUT2D eigenvalue weighted by atomic mass is 10.1. The first kappa shape index (κ1) is 15.2. The molecule has 1 aromatic rings. The lowest BCUT2D eigenvalue weighted by molar-refractivity contribution is -0.137. The summed E-state index contributed by atoms with van der Waals surface area (Å²) in [6.07, 6.45) is 0.0786. The molecule has 0 bridgehead atoms. The zero-order chi connectivity index (χ0) is 14.3. The second-order valence-corrected chi connectivity index (χ2v) is 4.38. The molecule has 0 spiro atoms. The highest BCUT2D eigenvalue weighted by Gasteiger charge is 2.20. The molecular weight excluding hydrogens is 244 g/mol. The van der Waals surface area contributed by atoms with Crippen molar-refractivity contribution in [2.24, 2.45) is 5.73 Å². The number of carboxylic acid groups (broad SMARTS) is 1. The van der Waals surface area contributed by atoms with E-state index in [1.54, 1.807) is 4.90 Å². The third kappa shape index (κ3) is 5.09. The molecule has 0 radical (unpaired) electrons. The summed E-state index contributed by atoms with van der Waals surface area (Å²) in [6, 6.07) is 8.88. The largest absolute Gasteiger partial charge is 0.481 e. The van der Waals surface area contributed by atoms with Gasteiger partial charge in [-0.1, -0.05) is 30.3 Å². The van der Waals surface area contributed by atoms with Gasteiger partial charge in [-0.2, -0.15) is 0 Å². The summed E-state index contributed by atoms with van der Waals surface area (Å²) in [5.74, 6) is -1.14. The lowest BCUT2D eigenvalue weighted by Gasteiger charge is -2.24. The molecule has 0 aliphatic heterocycles. The molecule has 5 heteroatoms. The van der Waals surface area contributed by atoms with Crippen molar-refractivity contribution in [2.45, 2.75) is 32.4 Å². The van der Waals surface area contributed by atoms with E-state index in [1.807, 2.05) is 37.3 Å². The van der Waals surface area contributed by atoms with Crippen LogP contribution in [0.1, 0.15) is 25.3 Å². The molecule has 3 N–H and O–H groups in total. The first-order valence-electron chi connectivity index (χ1n) is 6.34. The number of carbonyl (C=O) groups excluding carboxylic acids is 1. The maximum Gasteiger partial charge on any atom is 0.303 e. The van der Waals surface area contributed by atoms with Crippen molar-refractivity contribution in [3.63, 3.8) is 0 Å². The Bertz CT molecular complexity index is 420. The van der Waals surface area contributed by atoms with Gasteiger partial charge in [0.25, 0.3) is 0 Å². The van der Waals surface area contributed by atoms with E-state index < -0.39 is 12.0 Å². The number of benzene rings is 1. The van der Waals surface area contributed by atoms with Gasteiger partial charge < -0.3 is 15.7 Å². The molecule has 104 valence electrons. The number of aliphatic carboxylic acids is 1. The van der Waals surface area contributed by atoms with Crippen molar-refractivity contribution >= 4 is 11.9 Å². The molecule has 19 heavy (non-hydrogen) atoms. The van der Waals surface area contributed by atoms with Gasteiger partial charge in [-0.25, -0.2) is 0 Å². The quantitative estimate of drug-likeness (QED) is 0.775. The highest BCUT2D eigenvalue weighted by molar-refractivity contribution is 5.82. The van der Waals surface area contributed by atoms with Gasteiger partial charge in [0.1, 0.15) is 0 Å². The fourth-order valence-electron chi connectivity index (χ4n) is 1.79. The molecule has 0 aliphatic carbocycles. The molecule has 0 saturated heterocycles. The number of nitrogens with two attached hydrogens (primary N) is 1. The van der Waals surface area contributed by atoms with Crippen molar-refractivity contribution < 1.29 is 14.7 Å². The summed E-state index contributed by atoms with van der Waals surface area (Å²) in [4.78, 5) is 24.2. The van der Waals surface area contributed by atoms with Gasteiger partial charge in [-0.15, -0.1) is 0 Å². The zero-order valence-electron chi connectivity index (χ0n) is 11.1. The summed E-state index contributed by atoms with van der Waals surface area (Å²) < 4.78 is 0. The smallest absolute Gasteiger partial charge is 0.303 e. The number of carboxylic acids is 1. The maximum atomic E-state index is 12.1. The van der Waals surface area contributed by atoms with E-state index in [2.05, 4.69) is 0 Å². The standard InChI is InChI=1S/C14H20N2O3/c1-2-16(10-11-6-4-3-5-7-11)14(19)12(15)8-9-13(17)18/h3-7,12H,2,8-10,15H2,1H3,(H,17,18). The number of likely N-dealkylation sites (N-methyl/N-ethyl adjacent to an activating group) is 1. The zero-order valence-corrected chi connectivity index (χ0v) is 11.1. The molecule has 1 atom stereocenters. The average molecular weight is 264 g/mol. The molecule has 0 aliphatic rings. The van der Waals surface area contributed by atoms with Crippen LogP contribution in [0.15, 0.2) is 30.3 Å². The van der Waals surface area contributed by atoms with Crippen LogP contribution < -0.4 is 5.73 Å². The summed E-state index contributed by atoms with van der Waals surface area (Å²) in [5.41, 5.74) is 6.77. The Labute approximate surface area is 113 Å². The Kier molecular flexibility index (Phi) is 6.02. The fourth-order valence-corrected chi connectivity index (χ4v) is 1.79. The minimum Gasteiger partial charge on any atom is -0.481 e. The van der Waals surface area contributed by atoms with Crippen LogP contribution in [0.4, 0.5) is 0 Å². The molecule has 1 unspecified atom stereocenters. The predicted octanol–water partition coefficient (Wildman–Crippen LogP) is 1.23. The third-order valence-corrected chi connectivity index (χ3v) is 2.90. The topological polar surface area (TPSA) is 83.6 Å². The monoisotopic (exact) mass is 264 g/mol. The summed E-state index contributed by atoms with van der Waals surface area (Å²) in [6.45, 7) is 2.93. The van der Waals surface area contributed by atoms with Crippen LogP contribution in [0.2, 0.25) is 0 Å². The summed E-state index contributed by atoms with van der Waals surface area (Å²) in [7, 11) is 0. The molecular formula is C14H20N2O3. The SMILES string of the molecule is CCN(Cc1ccccc1)C(=O)C(N)CCC(=O)O. The van der Waals surface area contributed by atoms with E-state index >= 15 is 0 Å². The first-order chi connectivity index (χ1) is 9.04. The van der Waals surface area contributed by atoms with E-state index in [1.165, 1.54) is 0 Å². The van der Waals surface area contributed by atoms with Crippen LogP contribution in [-0.2, 0) is 16.1 Å². The predicted molar refractivity (Wildman–Crippen MR) is 72.4 cm³/mol. The number of rotatable bonds is 7. The van der Waals surface area contributed by atoms with Crippen LogP contribution in [-0.4, -0.2) is 34.5 Å². The molecule has 0 fully saturated rings. The number of amides is 1. The number of carbonyl (C=O) groups is 2. The normalized spacial score (nSPS) is 11.9. The Balaban J connectivity index is 2.58. The minimum absolute atomic E-state index is 0.0875. The second-order valence-electron chi connectivity index (χ2n) is 4.38. The van der Waals surface area contributed by atoms with Gasteiger partial charge in [0.2, 0.25) is 5.91 Å². The van der Waals surface area contributed by atoms with Crippen molar-refractivity contribution in [1.82, 2.24) is 4.90 Å². The number of hydrogen-bond acceptors (Lipinski definition) is 3. The van der Waals surface area contributed by atoms with Gasteiger partial charge in [0, 0.05) is 19.5 Å². The van der Waals surface area contributed by atoms with Crippen molar-refractivity contribution in [3.8, 4) is 0 Å². The molecule has 1 aromatic carbocycles. The molecule has 1 amide bonds. The van der Waals surface area contributed by atoms with Crippen molar-refractivity contribution in [1.29, 1.82) is 0 Å². The van der Waals surface area contributed by atoms with E-state index in [9.17, 15) is 9.59 Å². The van der Waals surface area contributed by atoms with E-state index in [4.69, 9.17) is 10.8 Å². The first-order valence-corrected chi connectivity index (χ1v) is 6.34. The third-order valence-electron chi connectivity index (χ3n) is 2.90. The number of hydrogen-bond donors (Lipinski definition) is 2. The van der Waals surface area contributed by atoms with Gasteiger partial charge >= 0.3 is 5.97 Å². The highest BCUT2D eigenvalue weighted by atomic mass is 16.4. The molecule has 0 saturated carbocycles. The molecule has 0 heterocycles. The fraction of sp³-hybridized carbons (Fsp3) is 0.429. The van der Waals surface area contributed by atoms with E-state index in [-0.39, 0.29) is 18.7 Å². The van der Waals surface area contributed by atoms with Gasteiger partial charge in [0.05, 0.1) is 6.04 Å². The second kappa shape index (κ2) is 7.53. The molecule has 5 nitrogen and oxygen atoms in total.